The van der Waals surface area contributed by atoms with Gasteiger partial charge in [-0.1, -0.05) is 20.8 Å². The van der Waals surface area contributed by atoms with Crippen LogP contribution in [-0.4, -0.2) is 27.1 Å². The highest BCUT2D eigenvalue weighted by atomic mass is 32.1. The van der Waals surface area contributed by atoms with Gasteiger partial charge in [0.1, 0.15) is 5.82 Å². The summed E-state index contributed by atoms with van der Waals surface area (Å²) in [5.41, 5.74) is 0. The van der Waals surface area contributed by atoms with Gasteiger partial charge in [-0.25, -0.2) is 4.98 Å². The van der Waals surface area contributed by atoms with Crippen molar-refractivity contribution in [3.63, 3.8) is 0 Å². The third kappa shape index (κ3) is 3.76. The molecule has 0 radical (unpaired) electrons. The maximum absolute atomic E-state index is 9.16. The number of aliphatic hydroxyl groups is 1. The smallest absolute Gasteiger partial charge is 0.202 e. The molecule has 86 valence electrons. The van der Waals surface area contributed by atoms with Gasteiger partial charge in [-0.15, -0.1) is 0 Å². The minimum Gasteiger partial charge on any atom is -0.394 e. The highest BCUT2D eigenvalue weighted by molar-refractivity contribution is 7.09. The summed E-state index contributed by atoms with van der Waals surface area (Å²) in [5, 5.41) is 13.2. The highest BCUT2D eigenvalue weighted by Gasteiger charge is 2.13. The molecule has 5 heteroatoms. The van der Waals surface area contributed by atoms with Gasteiger partial charge in [0.25, 0.3) is 0 Å². The van der Waals surface area contributed by atoms with E-state index in [0.717, 1.165) is 23.8 Å². The first-order valence-corrected chi connectivity index (χ1v) is 6.14. The van der Waals surface area contributed by atoms with Crippen molar-refractivity contribution in [1.82, 2.24) is 9.36 Å². The zero-order chi connectivity index (χ0) is 11.3. The van der Waals surface area contributed by atoms with E-state index in [4.69, 9.17) is 5.11 Å². The Morgan fingerprint density at radius 3 is 2.73 bits per heavy atom. The highest BCUT2D eigenvalue weighted by Crippen LogP contribution is 2.15. The third-order valence-electron chi connectivity index (χ3n) is 2.25. The third-order valence-corrected chi connectivity index (χ3v) is 2.94. The van der Waals surface area contributed by atoms with E-state index in [1.165, 1.54) is 11.5 Å². The zero-order valence-corrected chi connectivity index (χ0v) is 10.3. The molecule has 0 amide bonds. The van der Waals surface area contributed by atoms with Gasteiger partial charge in [-0.05, 0) is 12.3 Å². The van der Waals surface area contributed by atoms with Crippen molar-refractivity contribution in [2.45, 2.75) is 39.7 Å². The van der Waals surface area contributed by atoms with Gasteiger partial charge in [0, 0.05) is 18.0 Å². The fraction of sp³-hybridized carbons (Fsp3) is 0.800. The number of nitrogens with zero attached hydrogens (tertiary/aromatic N) is 2. The molecule has 0 aromatic carbocycles. The number of hydrogen-bond donors (Lipinski definition) is 2. The molecule has 1 rings (SSSR count). The van der Waals surface area contributed by atoms with Gasteiger partial charge in [-0.2, -0.15) is 4.37 Å². The number of aromatic nitrogens is 2. The Kier molecular flexibility index (Phi) is 4.98. The van der Waals surface area contributed by atoms with Crippen LogP contribution in [-0.2, 0) is 6.42 Å². The predicted molar refractivity (Wildman–Crippen MR) is 63.2 cm³/mol. The quantitative estimate of drug-likeness (QED) is 0.782. The van der Waals surface area contributed by atoms with Gasteiger partial charge in [0.15, 0.2) is 0 Å². The summed E-state index contributed by atoms with van der Waals surface area (Å²) in [4.78, 5) is 4.36. The molecule has 15 heavy (non-hydrogen) atoms. The molecule has 1 atom stereocenters. The van der Waals surface area contributed by atoms with Gasteiger partial charge in [0.2, 0.25) is 5.13 Å². The van der Waals surface area contributed by atoms with Crippen LogP contribution >= 0.6 is 11.5 Å². The molecule has 0 spiro atoms. The Labute approximate surface area is 94.9 Å². The predicted octanol–water partition coefficient (Wildman–Crippen LogP) is 1.92. The summed E-state index contributed by atoms with van der Waals surface area (Å²) in [6.07, 6.45) is 1.98. The molecule has 2 N–H and O–H groups in total. The van der Waals surface area contributed by atoms with Crippen molar-refractivity contribution < 1.29 is 5.11 Å². The fourth-order valence-electron chi connectivity index (χ4n) is 1.22. The van der Waals surface area contributed by atoms with E-state index in [0.29, 0.717) is 5.92 Å². The van der Waals surface area contributed by atoms with Crippen molar-refractivity contribution >= 4 is 16.7 Å². The second-order valence-electron chi connectivity index (χ2n) is 3.94. The first kappa shape index (κ1) is 12.4. The van der Waals surface area contributed by atoms with Crippen LogP contribution in [0.15, 0.2) is 0 Å². The zero-order valence-electron chi connectivity index (χ0n) is 9.53. The Morgan fingerprint density at radius 2 is 2.20 bits per heavy atom. The SMILES string of the molecule is CCCc1nsc(NC(CO)C(C)C)n1. The molecular weight excluding hydrogens is 210 g/mol. The van der Waals surface area contributed by atoms with E-state index in [1.54, 1.807) is 0 Å². The summed E-state index contributed by atoms with van der Waals surface area (Å²) in [7, 11) is 0. The lowest BCUT2D eigenvalue weighted by Gasteiger charge is -2.18. The lowest BCUT2D eigenvalue weighted by atomic mass is 10.1. The van der Waals surface area contributed by atoms with Gasteiger partial charge >= 0.3 is 0 Å². The van der Waals surface area contributed by atoms with Crippen molar-refractivity contribution in [1.29, 1.82) is 0 Å². The van der Waals surface area contributed by atoms with E-state index < -0.39 is 0 Å². The molecule has 0 fully saturated rings. The Morgan fingerprint density at radius 1 is 1.47 bits per heavy atom. The van der Waals surface area contributed by atoms with Crippen LogP contribution in [0.5, 0.6) is 0 Å². The number of anilines is 1. The molecule has 1 unspecified atom stereocenters. The van der Waals surface area contributed by atoms with Crippen molar-refractivity contribution in [2.24, 2.45) is 5.92 Å². The lowest BCUT2D eigenvalue weighted by molar-refractivity contribution is 0.249. The summed E-state index contributed by atoms with van der Waals surface area (Å²) in [6, 6.07) is 0.0624. The first-order valence-electron chi connectivity index (χ1n) is 5.37. The number of nitrogens with one attached hydrogen (secondary N) is 1. The van der Waals surface area contributed by atoms with E-state index in [-0.39, 0.29) is 12.6 Å². The van der Waals surface area contributed by atoms with Crippen LogP contribution in [0.3, 0.4) is 0 Å². The van der Waals surface area contributed by atoms with E-state index in [9.17, 15) is 0 Å². The Hall–Kier alpha value is -0.680. The molecule has 0 aliphatic rings. The topological polar surface area (TPSA) is 58.0 Å². The van der Waals surface area contributed by atoms with Crippen LogP contribution in [0.4, 0.5) is 5.13 Å². The average molecular weight is 229 g/mol. The monoisotopic (exact) mass is 229 g/mol. The molecule has 1 aromatic heterocycles. The largest absolute Gasteiger partial charge is 0.394 e. The lowest BCUT2D eigenvalue weighted by Crippen LogP contribution is -2.29. The molecule has 1 aromatic rings. The number of aryl methyl sites for hydroxylation is 1. The average Bonchev–Trinajstić information content (AvgIpc) is 2.62. The molecule has 0 aliphatic carbocycles. The van der Waals surface area contributed by atoms with E-state index >= 15 is 0 Å². The van der Waals surface area contributed by atoms with E-state index in [1.807, 2.05) is 0 Å². The molecule has 0 saturated carbocycles. The summed E-state index contributed by atoms with van der Waals surface area (Å²) in [5.74, 6) is 1.28. The second-order valence-corrected chi connectivity index (χ2v) is 4.70. The fourth-order valence-corrected chi connectivity index (χ4v) is 1.89. The minimum atomic E-state index is 0.0624. The number of rotatable bonds is 6. The van der Waals surface area contributed by atoms with Crippen molar-refractivity contribution in [3.05, 3.63) is 5.82 Å². The second kappa shape index (κ2) is 6.02. The standard InChI is InChI=1S/C10H19N3OS/c1-4-5-9-12-10(15-13-9)11-8(6-14)7(2)3/h7-8,14H,4-6H2,1-3H3,(H,11,12,13). The van der Waals surface area contributed by atoms with Gasteiger partial charge in [-0.3, -0.25) is 0 Å². The Balaban J connectivity index is 2.55. The van der Waals surface area contributed by atoms with Crippen LogP contribution in [0, 0.1) is 5.92 Å². The maximum Gasteiger partial charge on any atom is 0.202 e. The summed E-state index contributed by atoms with van der Waals surface area (Å²) >= 11 is 1.37. The molecular formula is C10H19N3OS. The van der Waals surface area contributed by atoms with Gasteiger partial charge < -0.3 is 10.4 Å². The molecule has 0 saturated heterocycles. The van der Waals surface area contributed by atoms with Crippen LogP contribution < -0.4 is 5.32 Å². The maximum atomic E-state index is 9.16. The van der Waals surface area contributed by atoms with Crippen LogP contribution in [0.25, 0.3) is 0 Å². The van der Waals surface area contributed by atoms with Crippen LogP contribution in [0.1, 0.15) is 33.0 Å². The Bertz CT molecular complexity index is 288. The first-order chi connectivity index (χ1) is 7.17. The molecule has 0 bridgehead atoms. The summed E-state index contributed by atoms with van der Waals surface area (Å²) in [6.45, 7) is 6.38. The normalized spacial score (nSPS) is 13.1. The minimum absolute atomic E-state index is 0.0624. The number of aliphatic hydroxyl groups excluding tert-OH is 1. The van der Waals surface area contributed by atoms with Crippen molar-refractivity contribution in [3.8, 4) is 0 Å². The number of hydrogen-bond acceptors (Lipinski definition) is 5. The van der Waals surface area contributed by atoms with Gasteiger partial charge in [0.05, 0.1) is 12.6 Å². The molecule has 4 nitrogen and oxygen atoms in total. The van der Waals surface area contributed by atoms with Crippen LogP contribution in [0.2, 0.25) is 0 Å². The molecule has 0 aliphatic heterocycles. The summed E-state index contributed by atoms with van der Waals surface area (Å²) < 4.78 is 4.24. The molecule has 1 heterocycles. The van der Waals surface area contributed by atoms with Crippen molar-refractivity contribution in [2.75, 3.05) is 11.9 Å². The van der Waals surface area contributed by atoms with E-state index in [2.05, 4.69) is 35.4 Å².